The van der Waals surface area contributed by atoms with E-state index in [1.165, 1.54) is 11.3 Å². The number of urea groups is 1. The van der Waals surface area contributed by atoms with E-state index in [4.69, 9.17) is 9.72 Å². The quantitative estimate of drug-likeness (QED) is 0.292. The summed E-state index contributed by atoms with van der Waals surface area (Å²) in [6, 6.07) is 16.4. The third-order valence-electron chi connectivity index (χ3n) is 5.63. The zero-order valence-electron chi connectivity index (χ0n) is 20.1. The van der Waals surface area contributed by atoms with Gasteiger partial charge in [-0.1, -0.05) is 18.2 Å². The molecule has 35 heavy (non-hydrogen) atoms. The van der Waals surface area contributed by atoms with Gasteiger partial charge >= 0.3 is 6.03 Å². The average molecular weight is 492 g/mol. The lowest BCUT2D eigenvalue weighted by molar-refractivity contribution is 0.0993. The molecule has 2 heterocycles. The van der Waals surface area contributed by atoms with E-state index in [1.807, 2.05) is 66.3 Å². The van der Waals surface area contributed by atoms with E-state index in [0.717, 1.165) is 28.2 Å². The van der Waals surface area contributed by atoms with Gasteiger partial charge in [-0.05, 0) is 67.6 Å². The van der Waals surface area contributed by atoms with E-state index in [1.54, 1.807) is 24.1 Å². The maximum absolute atomic E-state index is 12.9. The molecule has 2 N–H and O–H groups in total. The Kier molecular flexibility index (Phi) is 7.79. The summed E-state index contributed by atoms with van der Waals surface area (Å²) in [5.41, 5.74) is 3.89. The van der Waals surface area contributed by atoms with Gasteiger partial charge in [0, 0.05) is 38.1 Å². The molecule has 0 spiro atoms. The Balaban J connectivity index is 1.60. The van der Waals surface area contributed by atoms with Crippen LogP contribution in [0.2, 0.25) is 0 Å². The lowest BCUT2D eigenvalue weighted by Crippen LogP contribution is -2.26. The summed E-state index contributed by atoms with van der Waals surface area (Å²) < 4.78 is 7.46. The molecule has 9 heteroatoms. The zero-order chi connectivity index (χ0) is 24.8. The van der Waals surface area contributed by atoms with Gasteiger partial charge in [-0.25, -0.2) is 9.78 Å². The molecule has 182 valence electrons. The fourth-order valence-electron chi connectivity index (χ4n) is 3.75. The summed E-state index contributed by atoms with van der Waals surface area (Å²) in [4.78, 5) is 31.9. The number of thiophene rings is 1. The van der Waals surface area contributed by atoms with Crippen molar-refractivity contribution in [3.63, 3.8) is 0 Å². The van der Waals surface area contributed by atoms with Crippen LogP contribution in [0.3, 0.4) is 0 Å². The van der Waals surface area contributed by atoms with Crippen LogP contribution in [0.5, 0.6) is 0 Å². The topological polar surface area (TPSA) is 88.5 Å². The Morgan fingerprint density at radius 1 is 1.11 bits per heavy atom. The average Bonchev–Trinajstić information content (AvgIpc) is 3.43. The number of hydrogen-bond acceptors (Lipinski definition) is 5. The molecule has 0 saturated carbocycles. The molecule has 0 bridgehead atoms. The van der Waals surface area contributed by atoms with Crippen LogP contribution < -0.4 is 15.5 Å². The number of nitrogens with zero attached hydrogens (tertiary/aromatic N) is 3. The van der Waals surface area contributed by atoms with Crippen LogP contribution in [0.15, 0.2) is 60.0 Å². The first-order valence-corrected chi connectivity index (χ1v) is 12.4. The van der Waals surface area contributed by atoms with Gasteiger partial charge in [0.15, 0.2) is 0 Å². The highest BCUT2D eigenvalue weighted by Crippen LogP contribution is 2.27. The number of aryl methyl sites for hydroxylation is 2. The third kappa shape index (κ3) is 5.70. The van der Waals surface area contributed by atoms with Crippen LogP contribution in [-0.2, 0) is 11.3 Å². The number of carbonyl (C=O) groups is 2. The van der Waals surface area contributed by atoms with Crippen molar-refractivity contribution < 1.29 is 14.3 Å². The van der Waals surface area contributed by atoms with E-state index < -0.39 is 0 Å². The van der Waals surface area contributed by atoms with Crippen molar-refractivity contribution in [3.05, 3.63) is 71.1 Å². The molecular weight excluding hydrogens is 462 g/mol. The van der Waals surface area contributed by atoms with E-state index in [-0.39, 0.29) is 11.9 Å². The smallest absolute Gasteiger partial charge is 0.326 e. The SMILES string of the molecule is CCOCCCn1c(NC(=O)Nc2sccc2C)nc2cc(N(C)C(=O)c3ccccc3)ccc21. The number of fused-ring (bicyclic) bond motifs is 1. The Bertz CT molecular complexity index is 1320. The first-order valence-electron chi connectivity index (χ1n) is 11.5. The molecule has 4 rings (SSSR count). The highest BCUT2D eigenvalue weighted by molar-refractivity contribution is 7.14. The first-order chi connectivity index (χ1) is 17.0. The third-order valence-corrected chi connectivity index (χ3v) is 6.57. The molecule has 2 aromatic carbocycles. The number of benzene rings is 2. The fraction of sp³-hybridized carbons (Fsp3) is 0.269. The van der Waals surface area contributed by atoms with E-state index in [2.05, 4.69) is 10.6 Å². The summed E-state index contributed by atoms with van der Waals surface area (Å²) in [6.45, 7) is 5.81. The Labute approximate surface area is 208 Å². The van der Waals surface area contributed by atoms with Gasteiger partial charge < -0.3 is 14.2 Å². The number of imidazole rings is 1. The van der Waals surface area contributed by atoms with Gasteiger partial charge in [0.1, 0.15) is 0 Å². The van der Waals surface area contributed by atoms with E-state index in [0.29, 0.717) is 36.8 Å². The molecule has 0 fully saturated rings. The van der Waals surface area contributed by atoms with Crippen LogP contribution in [0, 0.1) is 6.92 Å². The van der Waals surface area contributed by atoms with Crippen molar-refractivity contribution in [2.75, 3.05) is 35.8 Å². The fourth-order valence-corrected chi connectivity index (χ4v) is 4.56. The molecule has 0 radical (unpaired) electrons. The normalized spacial score (nSPS) is 10.9. The van der Waals surface area contributed by atoms with Crippen molar-refractivity contribution in [1.29, 1.82) is 0 Å². The standard InChI is InChI=1S/C26H29N5O3S/c1-4-34-15-8-14-31-22-12-11-20(30(3)24(32)19-9-6-5-7-10-19)17-21(22)27-25(31)29-26(33)28-23-18(2)13-16-35-23/h5-7,9-13,16-17H,4,8,14-15H2,1-3H3,(H2,27,28,29,33). The molecule has 0 aliphatic carbocycles. The Hall–Kier alpha value is -3.69. The van der Waals surface area contributed by atoms with E-state index in [9.17, 15) is 9.59 Å². The molecule has 0 aliphatic heterocycles. The summed E-state index contributed by atoms with van der Waals surface area (Å²) in [6.07, 6.45) is 0.772. The Morgan fingerprint density at radius 2 is 1.91 bits per heavy atom. The minimum absolute atomic E-state index is 0.106. The second-order valence-corrected chi connectivity index (χ2v) is 8.97. The number of nitrogens with one attached hydrogen (secondary N) is 2. The number of amides is 3. The minimum Gasteiger partial charge on any atom is -0.382 e. The van der Waals surface area contributed by atoms with Crippen molar-refractivity contribution in [3.8, 4) is 0 Å². The van der Waals surface area contributed by atoms with Crippen molar-refractivity contribution in [2.24, 2.45) is 0 Å². The highest BCUT2D eigenvalue weighted by atomic mass is 32.1. The second-order valence-electron chi connectivity index (χ2n) is 8.05. The van der Waals surface area contributed by atoms with Gasteiger partial charge in [-0.2, -0.15) is 0 Å². The van der Waals surface area contributed by atoms with Gasteiger partial charge in [0.05, 0.1) is 16.0 Å². The minimum atomic E-state index is -0.353. The maximum Gasteiger partial charge on any atom is 0.326 e. The molecule has 4 aromatic rings. The van der Waals surface area contributed by atoms with Gasteiger partial charge in [0.25, 0.3) is 5.91 Å². The number of carbonyl (C=O) groups excluding carboxylic acids is 2. The van der Waals surface area contributed by atoms with Gasteiger partial charge in [0.2, 0.25) is 5.95 Å². The van der Waals surface area contributed by atoms with Crippen LogP contribution in [-0.4, -0.2) is 41.8 Å². The van der Waals surface area contributed by atoms with Crippen molar-refractivity contribution >= 4 is 50.9 Å². The van der Waals surface area contributed by atoms with Gasteiger partial charge in [-0.3, -0.25) is 15.4 Å². The summed E-state index contributed by atoms with van der Waals surface area (Å²) >= 11 is 1.47. The molecular formula is C26H29N5O3S. The lowest BCUT2D eigenvalue weighted by atomic mass is 10.2. The maximum atomic E-state index is 12.9. The summed E-state index contributed by atoms with van der Waals surface area (Å²) in [5, 5.41) is 8.51. The lowest BCUT2D eigenvalue weighted by Gasteiger charge is -2.17. The zero-order valence-corrected chi connectivity index (χ0v) is 20.9. The van der Waals surface area contributed by atoms with Crippen LogP contribution in [0.1, 0.15) is 29.3 Å². The monoisotopic (exact) mass is 491 g/mol. The summed E-state index contributed by atoms with van der Waals surface area (Å²) in [5.74, 6) is 0.336. The number of hydrogen-bond donors (Lipinski definition) is 2. The second kappa shape index (κ2) is 11.2. The molecule has 8 nitrogen and oxygen atoms in total. The Morgan fingerprint density at radius 3 is 2.63 bits per heavy atom. The molecule has 0 aliphatic rings. The van der Waals surface area contributed by atoms with Crippen LogP contribution in [0.25, 0.3) is 11.0 Å². The number of rotatable bonds is 9. The highest BCUT2D eigenvalue weighted by Gasteiger charge is 2.18. The predicted molar refractivity (Wildman–Crippen MR) is 142 cm³/mol. The predicted octanol–water partition coefficient (Wildman–Crippen LogP) is 5.75. The van der Waals surface area contributed by atoms with Crippen molar-refractivity contribution in [1.82, 2.24) is 9.55 Å². The molecule has 0 unspecified atom stereocenters. The molecule has 2 aromatic heterocycles. The van der Waals surface area contributed by atoms with Crippen molar-refractivity contribution in [2.45, 2.75) is 26.8 Å². The number of anilines is 3. The van der Waals surface area contributed by atoms with Crippen LogP contribution in [0.4, 0.5) is 21.4 Å². The molecule has 0 atom stereocenters. The molecule has 3 amide bonds. The number of ether oxygens (including phenoxy) is 1. The largest absolute Gasteiger partial charge is 0.382 e. The number of aromatic nitrogens is 2. The summed E-state index contributed by atoms with van der Waals surface area (Å²) in [7, 11) is 1.74. The van der Waals surface area contributed by atoms with Gasteiger partial charge in [-0.15, -0.1) is 11.3 Å². The molecule has 0 saturated heterocycles. The van der Waals surface area contributed by atoms with Crippen LogP contribution >= 0.6 is 11.3 Å². The van der Waals surface area contributed by atoms with E-state index >= 15 is 0 Å². The first kappa shape index (κ1) is 24.4.